The SMILES string of the molecule is CC(Cc1cccc2c1CCN2)C(=O)O. The summed E-state index contributed by atoms with van der Waals surface area (Å²) in [6.45, 7) is 2.72. The van der Waals surface area contributed by atoms with Crippen molar-refractivity contribution in [3.63, 3.8) is 0 Å². The molecule has 1 heterocycles. The third-order valence-corrected chi connectivity index (χ3v) is 2.91. The fraction of sp³-hybridized carbons (Fsp3) is 0.417. The van der Waals surface area contributed by atoms with E-state index in [0.717, 1.165) is 13.0 Å². The summed E-state index contributed by atoms with van der Waals surface area (Å²) in [5.41, 5.74) is 3.64. The van der Waals surface area contributed by atoms with E-state index in [9.17, 15) is 4.79 Å². The van der Waals surface area contributed by atoms with Crippen molar-refractivity contribution in [1.82, 2.24) is 0 Å². The Balaban J connectivity index is 2.22. The van der Waals surface area contributed by atoms with Crippen LogP contribution in [0.25, 0.3) is 0 Å². The van der Waals surface area contributed by atoms with Crippen LogP contribution in [0.3, 0.4) is 0 Å². The van der Waals surface area contributed by atoms with Gasteiger partial charge in [-0.05, 0) is 30.0 Å². The molecule has 0 bridgehead atoms. The minimum absolute atomic E-state index is 0.308. The Hall–Kier alpha value is -1.51. The van der Waals surface area contributed by atoms with E-state index < -0.39 is 5.97 Å². The first kappa shape index (κ1) is 10.0. The highest BCUT2D eigenvalue weighted by Gasteiger charge is 2.18. The summed E-state index contributed by atoms with van der Waals surface area (Å²) in [6.07, 6.45) is 1.64. The third kappa shape index (κ3) is 1.96. The lowest BCUT2D eigenvalue weighted by molar-refractivity contribution is -0.141. The van der Waals surface area contributed by atoms with Gasteiger partial charge in [-0.25, -0.2) is 0 Å². The number of aliphatic carboxylic acids is 1. The van der Waals surface area contributed by atoms with Crippen molar-refractivity contribution in [1.29, 1.82) is 0 Å². The normalized spacial score (nSPS) is 15.5. The first-order chi connectivity index (χ1) is 7.18. The van der Waals surface area contributed by atoms with Gasteiger partial charge in [0.15, 0.2) is 0 Å². The first-order valence-electron chi connectivity index (χ1n) is 5.26. The summed E-state index contributed by atoms with van der Waals surface area (Å²) in [5, 5.41) is 12.2. The lowest BCUT2D eigenvalue weighted by Crippen LogP contribution is -2.13. The van der Waals surface area contributed by atoms with Crippen molar-refractivity contribution in [2.24, 2.45) is 5.92 Å². The molecule has 0 saturated heterocycles. The van der Waals surface area contributed by atoms with Crippen LogP contribution in [-0.4, -0.2) is 17.6 Å². The molecular weight excluding hydrogens is 190 g/mol. The molecular formula is C12H15NO2. The quantitative estimate of drug-likeness (QED) is 0.792. The lowest BCUT2D eigenvalue weighted by atomic mass is 9.95. The van der Waals surface area contributed by atoms with Crippen LogP contribution in [-0.2, 0) is 17.6 Å². The van der Waals surface area contributed by atoms with Crippen molar-refractivity contribution >= 4 is 11.7 Å². The zero-order valence-electron chi connectivity index (χ0n) is 8.79. The van der Waals surface area contributed by atoms with Gasteiger partial charge < -0.3 is 10.4 Å². The molecule has 1 aliphatic heterocycles. The Labute approximate surface area is 89.1 Å². The second-order valence-corrected chi connectivity index (χ2v) is 4.06. The first-order valence-corrected chi connectivity index (χ1v) is 5.26. The molecule has 0 fully saturated rings. The zero-order chi connectivity index (χ0) is 10.8. The Morgan fingerprint density at radius 2 is 2.40 bits per heavy atom. The van der Waals surface area contributed by atoms with Gasteiger partial charge in [-0.2, -0.15) is 0 Å². The van der Waals surface area contributed by atoms with Crippen LogP contribution >= 0.6 is 0 Å². The van der Waals surface area contributed by atoms with Crippen LogP contribution in [0.1, 0.15) is 18.1 Å². The summed E-state index contributed by atoms with van der Waals surface area (Å²) < 4.78 is 0. The number of carbonyl (C=O) groups is 1. The second-order valence-electron chi connectivity index (χ2n) is 4.06. The largest absolute Gasteiger partial charge is 0.481 e. The molecule has 15 heavy (non-hydrogen) atoms. The molecule has 3 nitrogen and oxygen atoms in total. The summed E-state index contributed by atoms with van der Waals surface area (Å²) >= 11 is 0. The van der Waals surface area contributed by atoms with Crippen LogP contribution < -0.4 is 5.32 Å². The molecule has 1 aromatic carbocycles. The second kappa shape index (κ2) is 3.93. The molecule has 0 aliphatic carbocycles. The Bertz CT molecular complexity index is 387. The van der Waals surface area contributed by atoms with E-state index >= 15 is 0 Å². The van der Waals surface area contributed by atoms with E-state index in [2.05, 4.69) is 11.4 Å². The van der Waals surface area contributed by atoms with Gasteiger partial charge in [-0.15, -0.1) is 0 Å². The maximum absolute atomic E-state index is 10.8. The van der Waals surface area contributed by atoms with E-state index in [1.807, 2.05) is 12.1 Å². The number of anilines is 1. The molecule has 0 spiro atoms. The van der Waals surface area contributed by atoms with Crippen LogP contribution in [0.4, 0.5) is 5.69 Å². The maximum Gasteiger partial charge on any atom is 0.306 e. The van der Waals surface area contributed by atoms with Crippen LogP contribution in [0, 0.1) is 5.92 Å². The molecule has 2 N–H and O–H groups in total. The molecule has 80 valence electrons. The van der Waals surface area contributed by atoms with Crippen molar-refractivity contribution in [3.8, 4) is 0 Å². The van der Waals surface area contributed by atoms with Gasteiger partial charge in [0.05, 0.1) is 5.92 Å². The molecule has 2 rings (SSSR count). The minimum atomic E-state index is -0.724. The van der Waals surface area contributed by atoms with Gasteiger partial charge in [0, 0.05) is 12.2 Å². The summed E-state index contributed by atoms with van der Waals surface area (Å²) in [4.78, 5) is 10.8. The van der Waals surface area contributed by atoms with Gasteiger partial charge >= 0.3 is 5.97 Å². The highest BCUT2D eigenvalue weighted by atomic mass is 16.4. The van der Waals surface area contributed by atoms with Crippen LogP contribution in [0.5, 0.6) is 0 Å². The molecule has 1 aliphatic rings. The van der Waals surface area contributed by atoms with Gasteiger partial charge in [0.2, 0.25) is 0 Å². The molecule has 0 radical (unpaired) electrons. The van der Waals surface area contributed by atoms with Gasteiger partial charge in [0.25, 0.3) is 0 Å². The summed E-state index contributed by atoms with van der Waals surface area (Å²) in [5.74, 6) is -1.03. The molecule has 0 amide bonds. The Kier molecular flexibility index (Phi) is 2.62. The average molecular weight is 205 g/mol. The molecule has 0 saturated carbocycles. The third-order valence-electron chi connectivity index (χ3n) is 2.91. The average Bonchev–Trinajstić information content (AvgIpc) is 2.66. The standard InChI is InChI=1S/C12H15NO2/c1-8(12(14)15)7-9-3-2-4-11-10(9)5-6-13-11/h2-4,8,13H,5-7H2,1H3,(H,14,15). The lowest BCUT2D eigenvalue weighted by Gasteiger charge is -2.10. The van der Waals surface area contributed by atoms with Crippen LogP contribution in [0.2, 0.25) is 0 Å². The smallest absolute Gasteiger partial charge is 0.306 e. The van der Waals surface area contributed by atoms with E-state index in [4.69, 9.17) is 5.11 Å². The molecule has 3 heteroatoms. The number of carboxylic acid groups (broad SMARTS) is 1. The minimum Gasteiger partial charge on any atom is -0.481 e. The topological polar surface area (TPSA) is 49.3 Å². The zero-order valence-corrected chi connectivity index (χ0v) is 8.79. The van der Waals surface area contributed by atoms with Crippen molar-refractivity contribution in [2.75, 3.05) is 11.9 Å². The predicted molar refractivity (Wildman–Crippen MR) is 59.1 cm³/mol. The fourth-order valence-corrected chi connectivity index (χ4v) is 2.03. The highest BCUT2D eigenvalue weighted by Crippen LogP contribution is 2.27. The van der Waals surface area contributed by atoms with E-state index in [0.29, 0.717) is 6.42 Å². The number of carboxylic acids is 1. The predicted octanol–water partition coefficient (Wildman–Crippen LogP) is 1.92. The number of nitrogens with one attached hydrogen (secondary N) is 1. The van der Waals surface area contributed by atoms with Gasteiger partial charge in [-0.3, -0.25) is 4.79 Å². The van der Waals surface area contributed by atoms with Gasteiger partial charge in [0.1, 0.15) is 0 Å². The number of rotatable bonds is 3. The van der Waals surface area contributed by atoms with Crippen molar-refractivity contribution in [2.45, 2.75) is 19.8 Å². The summed E-state index contributed by atoms with van der Waals surface area (Å²) in [7, 11) is 0. The molecule has 1 atom stereocenters. The van der Waals surface area contributed by atoms with E-state index in [-0.39, 0.29) is 5.92 Å². The monoisotopic (exact) mass is 205 g/mol. The Morgan fingerprint density at radius 1 is 1.60 bits per heavy atom. The summed E-state index contributed by atoms with van der Waals surface area (Å²) in [6, 6.07) is 6.07. The number of hydrogen-bond acceptors (Lipinski definition) is 2. The number of hydrogen-bond donors (Lipinski definition) is 2. The van der Waals surface area contributed by atoms with E-state index in [1.165, 1.54) is 16.8 Å². The van der Waals surface area contributed by atoms with Crippen molar-refractivity contribution < 1.29 is 9.90 Å². The fourth-order valence-electron chi connectivity index (χ4n) is 2.03. The Morgan fingerprint density at radius 3 is 3.13 bits per heavy atom. The number of benzene rings is 1. The van der Waals surface area contributed by atoms with Crippen LogP contribution in [0.15, 0.2) is 18.2 Å². The molecule has 1 aromatic rings. The van der Waals surface area contributed by atoms with Gasteiger partial charge in [-0.1, -0.05) is 19.1 Å². The maximum atomic E-state index is 10.8. The molecule has 1 unspecified atom stereocenters. The highest BCUT2D eigenvalue weighted by molar-refractivity contribution is 5.70. The van der Waals surface area contributed by atoms with Crippen molar-refractivity contribution in [3.05, 3.63) is 29.3 Å². The number of fused-ring (bicyclic) bond motifs is 1. The van der Waals surface area contributed by atoms with E-state index in [1.54, 1.807) is 6.92 Å². The molecule has 0 aromatic heterocycles.